The molecule has 0 saturated carbocycles. The van der Waals surface area contributed by atoms with Crippen LogP contribution in [0.3, 0.4) is 0 Å². The van der Waals surface area contributed by atoms with Crippen LogP contribution in [-0.4, -0.2) is 17.6 Å². The number of pyridine rings is 1. The molecular weight excluding hydrogens is 174 g/mol. The Hall–Kier alpha value is -1.56. The highest BCUT2D eigenvalue weighted by Crippen LogP contribution is 2.26. The van der Waals surface area contributed by atoms with Crippen molar-refractivity contribution in [3.63, 3.8) is 0 Å². The van der Waals surface area contributed by atoms with Crippen LogP contribution in [-0.2, 0) is 0 Å². The number of aromatic nitrogens is 1. The molecule has 1 fully saturated rings. The Balaban J connectivity index is 2.36. The first kappa shape index (κ1) is 9.01. The molecule has 14 heavy (non-hydrogen) atoms. The maximum Gasteiger partial charge on any atom is 0.101 e. The Morgan fingerprint density at radius 3 is 3.14 bits per heavy atom. The Labute approximate surface area is 84.0 Å². The van der Waals surface area contributed by atoms with E-state index in [4.69, 9.17) is 5.26 Å². The maximum absolute atomic E-state index is 8.96. The van der Waals surface area contributed by atoms with Crippen LogP contribution >= 0.6 is 0 Å². The smallest absolute Gasteiger partial charge is 0.101 e. The van der Waals surface area contributed by atoms with E-state index in [-0.39, 0.29) is 0 Å². The number of hydrogen-bond acceptors (Lipinski definition) is 3. The molecule has 1 aromatic rings. The minimum atomic E-state index is 0.534. The first-order valence-corrected chi connectivity index (χ1v) is 4.93. The fraction of sp³-hybridized carbons (Fsp3) is 0.455. The average Bonchev–Trinajstić information content (AvgIpc) is 2.64. The SMILES string of the molecule is CC1CCCN1c1cnccc1C#N. The molecule has 0 amide bonds. The predicted octanol–water partition coefficient (Wildman–Crippen LogP) is 1.94. The van der Waals surface area contributed by atoms with Gasteiger partial charge in [0.2, 0.25) is 0 Å². The Bertz CT molecular complexity index is 367. The Morgan fingerprint density at radius 1 is 1.64 bits per heavy atom. The van der Waals surface area contributed by atoms with Gasteiger partial charge in [-0.25, -0.2) is 0 Å². The highest BCUT2D eigenvalue weighted by molar-refractivity contribution is 5.58. The molecule has 72 valence electrons. The fourth-order valence-corrected chi connectivity index (χ4v) is 2.00. The summed E-state index contributed by atoms with van der Waals surface area (Å²) in [5.41, 5.74) is 1.72. The van der Waals surface area contributed by atoms with E-state index in [0.717, 1.165) is 17.8 Å². The molecule has 1 unspecified atom stereocenters. The van der Waals surface area contributed by atoms with E-state index in [9.17, 15) is 0 Å². The van der Waals surface area contributed by atoms with E-state index in [0.29, 0.717) is 6.04 Å². The number of anilines is 1. The molecule has 3 nitrogen and oxygen atoms in total. The van der Waals surface area contributed by atoms with E-state index in [1.165, 1.54) is 12.8 Å². The van der Waals surface area contributed by atoms with E-state index in [1.807, 2.05) is 0 Å². The Morgan fingerprint density at radius 2 is 2.50 bits per heavy atom. The lowest BCUT2D eigenvalue weighted by atomic mass is 10.2. The zero-order valence-electron chi connectivity index (χ0n) is 8.27. The molecule has 1 aliphatic rings. The van der Waals surface area contributed by atoms with E-state index in [2.05, 4.69) is 22.9 Å². The summed E-state index contributed by atoms with van der Waals surface area (Å²) in [6.07, 6.45) is 5.88. The van der Waals surface area contributed by atoms with Crippen LogP contribution in [0.5, 0.6) is 0 Å². The summed E-state index contributed by atoms with van der Waals surface area (Å²) in [4.78, 5) is 6.35. The number of nitrogens with zero attached hydrogens (tertiary/aromatic N) is 3. The predicted molar refractivity (Wildman–Crippen MR) is 55.0 cm³/mol. The van der Waals surface area contributed by atoms with E-state index >= 15 is 0 Å². The van der Waals surface area contributed by atoms with Gasteiger partial charge in [0.25, 0.3) is 0 Å². The molecule has 3 heteroatoms. The summed E-state index contributed by atoms with van der Waals surface area (Å²) in [7, 11) is 0. The third kappa shape index (κ3) is 1.44. The van der Waals surface area contributed by atoms with E-state index in [1.54, 1.807) is 18.5 Å². The second-order valence-electron chi connectivity index (χ2n) is 3.69. The molecule has 1 aliphatic heterocycles. The van der Waals surface area contributed by atoms with Crippen molar-refractivity contribution in [2.75, 3.05) is 11.4 Å². The van der Waals surface area contributed by atoms with Crippen LogP contribution in [0.1, 0.15) is 25.3 Å². The summed E-state index contributed by atoms with van der Waals surface area (Å²) in [5.74, 6) is 0. The van der Waals surface area contributed by atoms with Gasteiger partial charge in [-0.3, -0.25) is 4.98 Å². The van der Waals surface area contributed by atoms with Crippen molar-refractivity contribution >= 4 is 5.69 Å². The van der Waals surface area contributed by atoms with Gasteiger partial charge in [-0.15, -0.1) is 0 Å². The monoisotopic (exact) mass is 187 g/mol. The molecule has 1 atom stereocenters. The molecule has 2 heterocycles. The Kier molecular flexibility index (Phi) is 2.36. The quantitative estimate of drug-likeness (QED) is 0.674. The van der Waals surface area contributed by atoms with Crippen LogP contribution < -0.4 is 4.90 Å². The van der Waals surface area contributed by atoms with Crippen LogP contribution in [0.4, 0.5) is 5.69 Å². The zero-order valence-corrected chi connectivity index (χ0v) is 8.27. The zero-order chi connectivity index (χ0) is 9.97. The van der Waals surface area contributed by atoms with Crippen LogP contribution in [0.25, 0.3) is 0 Å². The maximum atomic E-state index is 8.96. The first-order valence-electron chi connectivity index (χ1n) is 4.93. The van der Waals surface area contributed by atoms with Gasteiger partial charge in [0, 0.05) is 18.8 Å². The van der Waals surface area contributed by atoms with E-state index < -0.39 is 0 Å². The lowest BCUT2D eigenvalue weighted by Gasteiger charge is -2.23. The third-order valence-corrected chi connectivity index (χ3v) is 2.78. The third-order valence-electron chi connectivity index (χ3n) is 2.78. The average molecular weight is 187 g/mol. The molecule has 0 spiro atoms. The van der Waals surface area contributed by atoms with Crippen LogP contribution in [0.15, 0.2) is 18.5 Å². The lowest BCUT2D eigenvalue weighted by molar-refractivity contribution is 0.733. The van der Waals surface area contributed by atoms with Gasteiger partial charge in [0.1, 0.15) is 6.07 Å². The van der Waals surface area contributed by atoms with Gasteiger partial charge >= 0.3 is 0 Å². The molecule has 1 saturated heterocycles. The second kappa shape index (κ2) is 3.67. The summed E-state index contributed by atoms with van der Waals surface area (Å²) < 4.78 is 0. The number of hydrogen-bond donors (Lipinski definition) is 0. The number of nitriles is 1. The van der Waals surface area contributed by atoms with Gasteiger partial charge in [-0.1, -0.05) is 0 Å². The molecule has 0 radical (unpaired) electrons. The first-order chi connectivity index (χ1) is 6.83. The molecule has 1 aromatic heterocycles. The van der Waals surface area contributed by atoms with Crippen LogP contribution in [0, 0.1) is 11.3 Å². The van der Waals surface area contributed by atoms with Crippen molar-refractivity contribution in [1.82, 2.24) is 4.98 Å². The molecule has 0 N–H and O–H groups in total. The van der Waals surface area contributed by atoms with Gasteiger partial charge in [-0.2, -0.15) is 5.26 Å². The summed E-state index contributed by atoms with van der Waals surface area (Å²) in [6.45, 7) is 3.24. The minimum absolute atomic E-state index is 0.534. The van der Waals surface area contributed by atoms with Gasteiger partial charge in [-0.05, 0) is 25.8 Å². The van der Waals surface area contributed by atoms with Crippen molar-refractivity contribution in [2.45, 2.75) is 25.8 Å². The summed E-state index contributed by atoms with van der Waals surface area (Å²) in [5, 5.41) is 8.96. The van der Waals surface area contributed by atoms with Gasteiger partial charge in [0.05, 0.1) is 17.4 Å². The summed E-state index contributed by atoms with van der Waals surface area (Å²) >= 11 is 0. The standard InChI is InChI=1S/C11H13N3/c1-9-3-2-6-14(9)11-8-13-5-4-10(11)7-12/h4-5,8-9H,2-3,6H2,1H3. The van der Waals surface area contributed by atoms with Crippen molar-refractivity contribution in [2.24, 2.45) is 0 Å². The van der Waals surface area contributed by atoms with Gasteiger partial charge in [0.15, 0.2) is 0 Å². The topological polar surface area (TPSA) is 39.9 Å². The largest absolute Gasteiger partial charge is 0.367 e. The second-order valence-corrected chi connectivity index (χ2v) is 3.69. The summed E-state index contributed by atoms with van der Waals surface area (Å²) in [6, 6.07) is 4.52. The molecule has 0 aliphatic carbocycles. The highest BCUT2D eigenvalue weighted by atomic mass is 15.2. The minimum Gasteiger partial charge on any atom is -0.367 e. The highest BCUT2D eigenvalue weighted by Gasteiger charge is 2.22. The van der Waals surface area contributed by atoms with Crippen molar-refractivity contribution in [3.8, 4) is 6.07 Å². The molecule has 0 aromatic carbocycles. The van der Waals surface area contributed by atoms with Gasteiger partial charge < -0.3 is 4.90 Å². The van der Waals surface area contributed by atoms with Crippen molar-refractivity contribution in [1.29, 1.82) is 5.26 Å². The van der Waals surface area contributed by atoms with Crippen LogP contribution in [0.2, 0.25) is 0 Å². The lowest BCUT2D eigenvalue weighted by Crippen LogP contribution is -2.27. The van der Waals surface area contributed by atoms with Crippen molar-refractivity contribution < 1.29 is 0 Å². The molecular formula is C11H13N3. The normalized spacial score (nSPS) is 20.9. The number of rotatable bonds is 1. The van der Waals surface area contributed by atoms with Crippen molar-refractivity contribution in [3.05, 3.63) is 24.0 Å². The molecule has 0 bridgehead atoms. The fourth-order valence-electron chi connectivity index (χ4n) is 2.00. The molecule has 2 rings (SSSR count).